The maximum Gasteiger partial charge on any atom is 0.239 e. The van der Waals surface area contributed by atoms with Crippen molar-refractivity contribution in [1.29, 1.82) is 0 Å². The summed E-state index contributed by atoms with van der Waals surface area (Å²) in [6.07, 6.45) is 5.10. The van der Waals surface area contributed by atoms with Crippen LogP contribution in [0.15, 0.2) is 78.9 Å². The number of amides is 1. The van der Waals surface area contributed by atoms with Gasteiger partial charge < -0.3 is 10.4 Å². The first-order chi connectivity index (χ1) is 16.6. The summed E-state index contributed by atoms with van der Waals surface area (Å²) in [5.74, 6) is -0.206. The second-order valence-electron chi connectivity index (χ2n) is 8.71. The number of benzene rings is 3. The van der Waals surface area contributed by atoms with Gasteiger partial charge in [-0.25, -0.2) is 0 Å². The fourth-order valence-electron chi connectivity index (χ4n) is 4.57. The molecule has 1 aliphatic rings. The molecule has 176 valence electrons. The summed E-state index contributed by atoms with van der Waals surface area (Å²) in [5.41, 5.74) is 7.40. The highest BCUT2D eigenvalue weighted by atomic mass is 35.5. The standard InChI is InChI=1S/C29H31ClN2O2/c1-32(28(20-33)29(34)31-19-23-11-4-7-15-27(23)30)18-8-14-26-24-12-5-2-9-21(24)16-17-22-10-3-6-13-25(22)26/h2-7,9-15,28,33H,8,16-20H2,1H3,(H,31,34). The number of likely N-dealkylation sites (N-methyl/N-ethyl adjacent to an activating group) is 1. The summed E-state index contributed by atoms with van der Waals surface area (Å²) in [4.78, 5) is 14.7. The second kappa shape index (κ2) is 11.5. The Hall–Kier alpha value is -2.92. The summed E-state index contributed by atoms with van der Waals surface area (Å²) in [6.45, 7) is 0.742. The van der Waals surface area contributed by atoms with Gasteiger partial charge in [-0.2, -0.15) is 0 Å². The molecule has 0 fully saturated rings. The van der Waals surface area contributed by atoms with Crippen LogP contribution < -0.4 is 5.32 Å². The van der Waals surface area contributed by atoms with E-state index in [2.05, 4.69) is 59.9 Å². The van der Waals surface area contributed by atoms with E-state index >= 15 is 0 Å². The van der Waals surface area contributed by atoms with Gasteiger partial charge in [0, 0.05) is 18.1 Å². The highest BCUT2D eigenvalue weighted by molar-refractivity contribution is 6.31. The quantitative estimate of drug-likeness (QED) is 0.489. The smallest absolute Gasteiger partial charge is 0.239 e. The predicted molar refractivity (Wildman–Crippen MR) is 139 cm³/mol. The Morgan fingerprint density at radius 2 is 1.59 bits per heavy atom. The largest absolute Gasteiger partial charge is 0.394 e. The van der Waals surface area contributed by atoms with Gasteiger partial charge in [0.2, 0.25) is 5.91 Å². The number of hydrogen-bond donors (Lipinski definition) is 2. The fourth-order valence-corrected chi connectivity index (χ4v) is 4.77. The highest BCUT2D eigenvalue weighted by Crippen LogP contribution is 2.33. The molecule has 0 spiro atoms. The van der Waals surface area contributed by atoms with E-state index in [9.17, 15) is 9.90 Å². The van der Waals surface area contributed by atoms with Gasteiger partial charge in [0.05, 0.1) is 6.61 Å². The molecule has 0 bridgehead atoms. The van der Waals surface area contributed by atoms with Crippen LogP contribution in [-0.4, -0.2) is 42.2 Å². The van der Waals surface area contributed by atoms with Crippen molar-refractivity contribution in [3.63, 3.8) is 0 Å². The normalized spacial score (nSPS) is 13.6. The number of aliphatic hydroxyl groups is 1. The molecule has 0 heterocycles. The molecule has 34 heavy (non-hydrogen) atoms. The van der Waals surface area contributed by atoms with E-state index in [-0.39, 0.29) is 12.5 Å². The van der Waals surface area contributed by atoms with Crippen molar-refractivity contribution >= 4 is 23.1 Å². The van der Waals surface area contributed by atoms with E-state index in [1.165, 1.54) is 27.8 Å². The lowest BCUT2D eigenvalue weighted by molar-refractivity contribution is -0.127. The van der Waals surface area contributed by atoms with Crippen LogP contribution in [0.25, 0.3) is 5.57 Å². The minimum Gasteiger partial charge on any atom is -0.394 e. The molecular formula is C29H31ClN2O2. The maximum absolute atomic E-state index is 12.8. The first-order valence-corrected chi connectivity index (χ1v) is 12.1. The minimum absolute atomic E-state index is 0.206. The molecule has 5 heteroatoms. The van der Waals surface area contributed by atoms with Crippen LogP contribution in [0.2, 0.25) is 5.02 Å². The topological polar surface area (TPSA) is 52.6 Å². The van der Waals surface area contributed by atoms with Crippen molar-refractivity contribution in [2.45, 2.75) is 31.8 Å². The summed E-state index contributed by atoms with van der Waals surface area (Å²) < 4.78 is 0. The Morgan fingerprint density at radius 3 is 2.21 bits per heavy atom. The molecule has 0 radical (unpaired) electrons. The van der Waals surface area contributed by atoms with Gasteiger partial charge in [-0.1, -0.05) is 84.4 Å². The lowest BCUT2D eigenvalue weighted by atomic mass is 9.93. The van der Waals surface area contributed by atoms with E-state index in [1.54, 1.807) is 6.07 Å². The zero-order valence-electron chi connectivity index (χ0n) is 19.5. The van der Waals surface area contributed by atoms with Crippen LogP contribution in [0.1, 0.15) is 34.2 Å². The molecule has 1 atom stereocenters. The summed E-state index contributed by atoms with van der Waals surface area (Å²) in [6, 6.07) is 24.0. The van der Waals surface area contributed by atoms with Crippen molar-refractivity contribution in [3.05, 3.63) is 112 Å². The number of carbonyl (C=O) groups is 1. The lowest BCUT2D eigenvalue weighted by Crippen LogP contribution is -2.47. The van der Waals surface area contributed by atoms with Gasteiger partial charge in [0.1, 0.15) is 6.04 Å². The Kier molecular flexibility index (Phi) is 8.17. The van der Waals surface area contributed by atoms with Crippen molar-refractivity contribution in [1.82, 2.24) is 10.2 Å². The van der Waals surface area contributed by atoms with Crippen LogP contribution in [0.5, 0.6) is 0 Å². The summed E-state index contributed by atoms with van der Waals surface area (Å²) in [5, 5.41) is 13.4. The summed E-state index contributed by atoms with van der Waals surface area (Å²) in [7, 11) is 1.88. The third-order valence-corrected chi connectivity index (χ3v) is 6.90. The van der Waals surface area contributed by atoms with Crippen LogP contribution in [0, 0.1) is 0 Å². The number of rotatable bonds is 8. The number of halogens is 1. The van der Waals surface area contributed by atoms with E-state index in [0.29, 0.717) is 18.1 Å². The first kappa shape index (κ1) is 24.2. The Bertz CT molecular complexity index is 1120. The Morgan fingerprint density at radius 1 is 1.00 bits per heavy atom. The van der Waals surface area contributed by atoms with Crippen molar-refractivity contribution in [2.24, 2.45) is 0 Å². The molecule has 4 rings (SSSR count). The van der Waals surface area contributed by atoms with Crippen molar-refractivity contribution < 1.29 is 9.90 Å². The number of aryl methyl sites for hydroxylation is 2. The molecule has 1 amide bonds. The molecule has 0 aromatic heterocycles. The number of nitrogens with one attached hydrogen (secondary N) is 1. The van der Waals surface area contributed by atoms with Gasteiger partial charge >= 0.3 is 0 Å². The average molecular weight is 475 g/mol. The van der Waals surface area contributed by atoms with Crippen LogP contribution >= 0.6 is 11.6 Å². The highest BCUT2D eigenvalue weighted by Gasteiger charge is 2.22. The third-order valence-electron chi connectivity index (χ3n) is 6.53. The van der Waals surface area contributed by atoms with Gasteiger partial charge in [0.15, 0.2) is 0 Å². The van der Waals surface area contributed by atoms with E-state index in [1.807, 2.05) is 30.1 Å². The average Bonchev–Trinajstić information content (AvgIpc) is 3.01. The van der Waals surface area contributed by atoms with Gasteiger partial charge in [0.25, 0.3) is 0 Å². The molecule has 1 unspecified atom stereocenters. The zero-order valence-corrected chi connectivity index (χ0v) is 20.3. The molecule has 3 aromatic rings. The number of aliphatic hydroxyl groups excluding tert-OH is 1. The van der Waals surface area contributed by atoms with Crippen molar-refractivity contribution in [3.8, 4) is 0 Å². The Labute approximate surface area is 206 Å². The monoisotopic (exact) mass is 474 g/mol. The molecule has 0 aliphatic heterocycles. The van der Waals surface area contributed by atoms with E-state index < -0.39 is 6.04 Å². The maximum atomic E-state index is 12.8. The minimum atomic E-state index is -0.616. The molecule has 1 aliphatic carbocycles. The van der Waals surface area contributed by atoms with Gasteiger partial charge in [-0.3, -0.25) is 9.69 Å². The first-order valence-electron chi connectivity index (χ1n) is 11.8. The summed E-state index contributed by atoms with van der Waals surface area (Å²) >= 11 is 6.19. The third kappa shape index (κ3) is 5.58. The lowest BCUT2D eigenvalue weighted by Gasteiger charge is -2.25. The Balaban J connectivity index is 1.45. The SMILES string of the molecule is CN(CCC=C1c2ccccc2CCc2ccccc21)C(CO)C(=O)NCc1ccccc1Cl. The molecule has 3 aromatic carbocycles. The number of hydrogen-bond acceptors (Lipinski definition) is 3. The molecule has 0 saturated carbocycles. The fraction of sp³-hybridized carbons (Fsp3) is 0.276. The number of carbonyl (C=O) groups excluding carboxylic acids is 1. The van der Waals surface area contributed by atoms with Crippen molar-refractivity contribution in [2.75, 3.05) is 20.2 Å². The molecule has 4 nitrogen and oxygen atoms in total. The van der Waals surface area contributed by atoms with Crippen LogP contribution in [-0.2, 0) is 24.2 Å². The molecular weight excluding hydrogens is 444 g/mol. The van der Waals surface area contributed by atoms with E-state index in [0.717, 1.165) is 24.8 Å². The van der Waals surface area contributed by atoms with E-state index in [4.69, 9.17) is 11.6 Å². The molecule has 0 saturated heterocycles. The second-order valence-corrected chi connectivity index (χ2v) is 9.12. The van der Waals surface area contributed by atoms with Gasteiger partial charge in [-0.15, -0.1) is 0 Å². The van der Waals surface area contributed by atoms with Gasteiger partial charge in [-0.05, 0) is 65.8 Å². The number of nitrogens with zero attached hydrogens (tertiary/aromatic N) is 1. The predicted octanol–water partition coefficient (Wildman–Crippen LogP) is 4.87. The van der Waals surface area contributed by atoms with Crippen LogP contribution in [0.4, 0.5) is 0 Å². The molecule has 2 N–H and O–H groups in total. The number of fused-ring (bicyclic) bond motifs is 2. The zero-order chi connectivity index (χ0) is 23.9. The van der Waals surface area contributed by atoms with Crippen LogP contribution in [0.3, 0.4) is 0 Å².